The molecule has 0 radical (unpaired) electrons. The molecule has 0 unspecified atom stereocenters. The maximum Gasteiger partial charge on any atom is 0.409 e. The van der Waals surface area contributed by atoms with Gasteiger partial charge in [0.25, 0.3) is 0 Å². The van der Waals surface area contributed by atoms with Crippen LogP contribution in [0.1, 0.15) is 23.6 Å². The number of ether oxygens (including phenoxy) is 2. The van der Waals surface area contributed by atoms with Gasteiger partial charge in [0, 0.05) is 13.0 Å². The van der Waals surface area contributed by atoms with E-state index in [4.69, 9.17) is 9.47 Å². The number of hydrogen-bond acceptors (Lipinski definition) is 4. The molecule has 1 aliphatic heterocycles. The van der Waals surface area contributed by atoms with E-state index in [0.29, 0.717) is 26.2 Å². The second kappa shape index (κ2) is 8.55. The number of nitrogens with zero attached hydrogens (tertiary/aromatic N) is 1. The van der Waals surface area contributed by atoms with Crippen molar-refractivity contribution < 1.29 is 19.4 Å². The zero-order valence-corrected chi connectivity index (χ0v) is 15.9. The molecule has 0 bridgehead atoms. The standard InChI is InChI=1S/C22H27NO4/c1-3-26-21(24)23-13-14-27-20(16-23)22(25,19-11-5-4-6-12-19)15-18-10-8-7-9-17(18)2/h4-12,20,25H,3,13-16H2,1-2H3/t20-,22+/m0/s1. The Morgan fingerprint density at radius 3 is 2.63 bits per heavy atom. The molecule has 2 atom stereocenters. The van der Waals surface area contributed by atoms with Crippen molar-refractivity contribution in [3.05, 3.63) is 71.3 Å². The van der Waals surface area contributed by atoms with E-state index in [0.717, 1.165) is 16.7 Å². The van der Waals surface area contributed by atoms with Crippen LogP contribution in [0.4, 0.5) is 4.79 Å². The molecule has 5 nitrogen and oxygen atoms in total. The van der Waals surface area contributed by atoms with Crippen molar-refractivity contribution in [1.82, 2.24) is 4.90 Å². The van der Waals surface area contributed by atoms with Gasteiger partial charge in [-0.25, -0.2) is 4.79 Å². The summed E-state index contributed by atoms with van der Waals surface area (Å²) < 4.78 is 11.1. The molecule has 0 aliphatic carbocycles. The van der Waals surface area contributed by atoms with E-state index in [2.05, 4.69) is 0 Å². The van der Waals surface area contributed by atoms with Crippen molar-refractivity contribution >= 4 is 6.09 Å². The van der Waals surface area contributed by atoms with E-state index in [-0.39, 0.29) is 12.6 Å². The topological polar surface area (TPSA) is 59.0 Å². The molecular formula is C22H27NO4. The minimum Gasteiger partial charge on any atom is -0.450 e. The van der Waals surface area contributed by atoms with Gasteiger partial charge in [-0.3, -0.25) is 0 Å². The fourth-order valence-electron chi connectivity index (χ4n) is 3.55. The first kappa shape index (κ1) is 19.4. The molecule has 2 aromatic carbocycles. The van der Waals surface area contributed by atoms with Crippen LogP contribution in [0.5, 0.6) is 0 Å². The van der Waals surface area contributed by atoms with Crippen molar-refractivity contribution in [1.29, 1.82) is 0 Å². The normalized spacial score (nSPS) is 19.4. The third-order valence-electron chi connectivity index (χ3n) is 5.12. The van der Waals surface area contributed by atoms with Gasteiger partial charge in [-0.15, -0.1) is 0 Å². The van der Waals surface area contributed by atoms with Gasteiger partial charge in [0.05, 0.1) is 19.8 Å². The summed E-state index contributed by atoms with van der Waals surface area (Å²) >= 11 is 0. The van der Waals surface area contributed by atoms with Gasteiger partial charge in [0.2, 0.25) is 0 Å². The Morgan fingerprint density at radius 1 is 1.22 bits per heavy atom. The zero-order chi connectivity index (χ0) is 19.3. The highest BCUT2D eigenvalue weighted by Gasteiger charge is 2.43. The number of hydrogen-bond donors (Lipinski definition) is 1. The average Bonchev–Trinajstić information content (AvgIpc) is 2.70. The summed E-state index contributed by atoms with van der Waals surface area (Å²) in [4.78, 5) is 13.8. The summed E-state index contributed by atoms with van der Waals surface area (Å²) in [5.41, 5.74) is 1.70. The number of carbonyl (C=O) groups excluding carboxylic acids is 1. The molecule has 1 N–H and O–H groups in total. The van der Waals surface area contributed by atoms with E-state index in [1.807, 2.05) is 61.5 Å². The number of rotatable bonds is 5. The van der Waals surface area contributed by atoms with Crippen LogP contribution in [-0.2, 0) is 21.5 Å². The van der Waals surface area contributed by atoms with Crippen molar-refractivity contribution in [3.8, 4) is 0 Å². The van der Waals surface area contributed by atoms with E-state index < -0.39 is 11.7 Å². The lowest BCUT2D eigenvalue weighted by Crippen LogP contribution is -2.55. The lowest BCUT2D eigenvalue weighted by Gasteiger charge is -2.42. The molecule has 0 saturated carbocycles. The summed E-state index contributed by atoms with van der Waals surface area (Å²) in [6.45, 7) is 5.27. The largest absolute Gasteiger partial charge is 0.450 e. The molecule has 27 heavy (non-hydrogen) atoms. The molecule has 0 aromatic heterocycles. The Hall–Kier alpha value is -2.37. The number of carbonyl (C=O) groups is 1. The Balaban J connectivity index is 1.92. The summed E-state index contributed by atoms with van der Waals surface area (Å²) in [7, 11) is 0. The first-order valence-corrected chi connectivity index (χ1v) is 9.40. The smallest absolute Gasteiger partial charge is 0.409 e. The average molecular weight is 369 g/mol. The van der Waals surface area contributed by atoms with E-state index >= 15 is 0 Å². The van der Waals surface area contributed by atoms with Gasteiger partial charge in [0.1, 0.15) is 11.7 Å². The molecule has 5 heteroatoms. The predicted molar refractivity (Wildman–Crippen MR) is 104 cm³/mol. The van der Waals surface area contributed by atoms with Gasteiger partial charge in [-0.1, -0.05) is 54.6 Å². The molecule has 1 saturated heterocycles. The number of aliphatic hydroxyl groups is 1. The van der Waals surface area contributed by atoms with Crippen LogP contribution in [0.3, 0.4) is 0 Å². The maximum atomic E-state index is 12.2. The van der Waals surface area contributed by atoms with Crippen molar-refractivity contribution in [2.24, 2.45) is 0 Å². The molecule has 1 fully saturated rings. The summed E-state index contributed by atoms with van der Waals surface area (Å²) in [6.07, 6.45) is -0.500. The van der Waals surface area contributed by atoms with E-state index in [9.17, 15) is 9.90 Å². The monoisotopic (exact) mass is 369 g/mol. The van der Waals surface area contributed by atoms with Crippen LogP contribution in [0.15, 0.2) is 54.6 Å². The van der Waals surface area contributed by atoms with Crippen LogP contribution in [0, 0.1) is 6.92 Å². The second-order valence-electron chi connectivity index (χ2n) is 6.90. The van der Waals surface area contributed by atoms with Crippen molar-refractivity contribution in [2.75, 3.05) is 26.3 Å². The highest BCUT2D eigenvalue weighted by molar-refractivity contribution is 5.67. The Morgan fingerprint density at radius 2 is 1.93 bits per heavy atom. The molecule has 3 rings (SSSR count). The molecule has 0 spiro atoms. The molecular weight excluding hydrogens is 342 g/mol. The molecule has 144 valence electrons. The van der Waals surface area contributed by atoms with Crippen LogP contribution in [0.25, 0.3) is 0 Å². The number of benzene rings is 2. The highest BCUT2D eigenvalue weighted by Crippen LogP contribution is 2.34. The molecule has 1 aliphatic rings. The first-order valence-electron chi connectivity index (χ1n) is 9.40. The molecule has 2 aromatic rings. The van der Waals surface area contributed by atoms with Crippen LogP contribution < -0.4 is 0 Å². The Bertz CT molecular complexity index is 764. The molecule has 1 amide bonds. The lowest BCUT2D eigenvalue weighted by molar-refractivity contribution is -0.144. The molecule has 1 heterocycles. The predicted octanol–water partition coefficient (Wildman–Crippen LogP) is 3.28. The Labute approximate surface area is 160 Å². The minimum absolute atomic E-state index is 0.288. The fourth-order valence-corrected chi connectivity index (χ4v) is 3.55. The fraction of sp³-hybridized carbons (Fsp3) is 0.409. The summed E-state index contributed by atoms with van der Waals surface area (Å²) in [5.74, 6) is 0. The SMILES string of the molecule is CCOC(=O)N1CCO[C@H]([C@@](O)(Cc2ccccc2C)c2ccccc2)C1. The van der Waals surface area contributed by atoms with Crippen molar-refractivity contribution in [2.45, 2.75) is 32.0 Å². The quantitative estimate of drug-likeness (QED) is 0.879. The second-order valence-corrected chi connectivity index (χ2v) is 6.90. The van der Waals surface area contributed by atoms with Crippen LogP contribution in [-0.4, -0.2) is 48.5 Å². The van der Waals surface area contributed by atoms with Crippen LogP contribution in [0.2, 0.25) is 0 Å². The first-order chi connectivity index (χ1) is 13.0. The van der Waals surface area contributed by atoms with Crippen LogP contribution >= 0.6 is 0 Å². The highest BCUT2D eigenvalue weighted by atomic mass is 16.6. The minimum atomic E-state index is -1.25. The van der Waals surface area contributed by atoms with Gasteiger partial charge >= 0.3 is 6.09 Å². The number of amides is 1. The van der Waals surface area contributed by atoms with E-state index in [1.165, 1.54) is 0 Å². The Kier molecular flexibility index (Phi) is 6.14. The van der Waals surface area contributed by atoms with Crippen molar-refractivity contribution in [3.63, 3.8) is 0 Å². The van der Waals surface area contributed by atoms with Gasteiger partial charge in [-0.2, -0.15) is 0 Å². The zero-order valence-electron chi connectivity index (χ0n) is 15.9. The summed E-state index contributed by atoms with van der Waals surface area (Å²) in [5, 5.41) is 11.8. The van der Waals surface area contributed by atoms with Gasteiger partial charge in [-0.05, 0) is 30.5 Å². The number of morpholine rings is 1. The third kappa shape index (κ3) is 4.31. The lowest BCUT2D eigenvalue weighted by atomic mass is 9.81. The summed E-state index contributed by atoms with van der Waals surface area (Å²) in [6, 6.07) is 17.6. The van der Waals surface area contributed by atoms with E-state index in [1.54, 1.807) is 11.8 Å². The van der Waals surface area contributed by atoms with Gasteiger partial charge in [0.15, 0.2) is 0 Å². The maximum absolute atomic E-state index is 12.2. The number of aryl methyl sites for hydroxylation is 1. The van der Waals surface area contributed by atoms with Gasteiger partial charge < -0.3 is 19.5 Å². The third-order valence-corrected chi connectivity index (χ3v) is 5.12.